The maximum Gasteiger partial charge on any atom is 0.322 e. The van der Waals surface area contributed by atoms with Gasteiger partial charge in [0.2, 0.25) is 0 Å². The molecule has 1 rings (SSSR count). The van der Waals surface area contributed by atoms with Crippen LogP contribution in [0.4, 0.5) is 0 Å². The van der Waals surface area contributed by atoms with Crippen molar-refractivity contribution in [1.29, 1.82) is 0 Å². The summed E-state index contributed by atoms with van der Waals surface area (Å²) in [5, 5.41) is 3.20. The molecule has 76 valence electrons. The van der Waals surface area contributed by atoms with E-state index in [9.17, 15) is 4.79 Å². The maximum atomic E-state index is 11.1. The highest BCUT2D eigenvalue weighted by Gasteiger charge is 2.28. The lowest BCUT2D eigenvalue weighted by atomic mass is 10.1. The molecule has 0 radical (unpaired) electrons. The molecule has 0 saturated carbocycles. The van der Waals surface area contributed by atoms with Gasteiger partial charge in [-0.3, -0.25) is 4.79 Å². The first kappa shape index (κ1) is 12.5. The fourth-order valence-corrected chi connectivity index (χ4v) is 1.53. The zero-order valence-corrected chi connectivity index (χ0v) is 8.60. The lowest BCUT2D eigenvalue weighted by Crippen LogP contribution is -2.35. The number of halogens is 1. The van der Waals surface area contributed by atoms with Crippen LogP contribution in [-0.4, -0.2) is 25.2 Å². The number of esters is 1. The third-order valence-electron chi connectivity index (χ3n) is 2.18. The fourth-order valence-electron chi connectivity index (χ4n) is 1.53. The van der Waals surface area contributed by atoms with Crippen molar-refractivity contribution in [1.82, 2.24) is 5.32 Å². The summed E-state index contributed by atoms with van der Waals surface area (Å²) in [6, 6.07) is 0.312. The molecule has 1 aliphatic rings. The average molecular weight is 206 g/mol. The lowest BCUT2D eigenvalue weighted by molar-refractivity contribution is -0.142. The van der Waals surface area contributed by atoms with E-state index in [0.717, 1.165) is 19.3 Å². The summed E-state index contributed by atoms with van der Waals surface area (Å²) in [5.74, 6) is -0.151. The molecule has 4 heteroatoms. The van der Waals surface area contributed by atoms with Crippen LogP contribution in [0.15, 0.2) is 12.7 Å². The molecular formula is C9H16ClNO2. The monoisotopic (exact) mass is 205 g/mol. The Morgan fingerprint density at radius 2 is 2.38 bits per heavy atom. The number of carbonyl (C=O) groups is 1. The Labute approximate surface area is 84.9 Å². The minimum Gasteiger partial charge on any atom is -0.468 e. The predicted molar refractivity (Wildman–Crippen MR) is 54.0 cm³/mol. The van der Waals surface area contributed by atoms with Crippen molar-refractivity contribution in [3.05, 3.63) is 12.7 Å². The summed E-state index contributed by atoms with van der Waals surface area (Å²) in [6.07, 6.45) is 4.71. The molecule has 0 amide bonds. The van der Waals surface area contributed by atoms with E-state index in [2.05, 4.69) is 16.6 Å². The molecule has 1 fully saturated rings. The quantitative estimate of drug-likeness (QED) is 0.557. The highest BCUT2D eigenvalue weighted by Crippen LogP contribution is 2.15. The van der Waals surface area contributed by atoms with E-state index in [1.54, 1.807) is 0 Å². The van der Waals surface area contributed by atoms with Gasteiger partial charge in [-0.05, 0) is 19.3 Å². The van der Waals surface area contributed by atoms with Gasteiger partial charge in [0.05, 0.1) is 7.11 Å². The van der Waals surface area contributed by atoms with Crippen LogP contribution >= 0.6 is 12.4 Å². The SMILES string of the molecule is C=CC[C@@H]1CC[C@@H](C(=O)OC)N1.Cl. The summed E-state index contributed by atoms with van der Waals surface area (Å²) >= 11 is 0. The van der Waals surface area contributed by atoms with Crippen LogP contribution in [-0.2, 0) is 9.53 Å². The molecule has 1 aliphatic heterocycles. The van der Waals surface area contributed by atoms with Crippen molar-refractivity contribution in [3.63, 3.8) is 0 Å². The van der Waals surface area contributed by atoms with Crippen LogP contribution in [0.1, 0.15) is 19.3 Å². The second-order valence-electron chi connectivity index (χ2n) is 3.04. The molecule has 1 N–H and O–H groups in total. The summed E-state index contributed by atoms with van der Waals surface area (Å²) < 4.78 is 4.63. The second kappa shape index (κ2) is 6.00. The van der Waals surface area contributed by atoms with Crippen molar-refractivity contribution < 1.29 is 9.53 Å². The number of rotatable bonds is 3. The van der Waals surface area contributed by atoms with Crippen molar-refractivity contribution in [2.45, 2.75) is 31.3 Å². The van der Waals surface area contributed by atoms with Crippen molar-refractivity contribution in [2.75, 3.05) is 7.11 Å². The summed E-state index contributed by atoms with van der Waals surface area (Å²) in [4.78, 5) is 11.1. The van der Waals surface area contributed by atoms with Crippen LogP contribution in [0.2, 0.25) is 0 Å². The Bertz CT molecular complexity index is 184. The minimum absolute atomic E-state index is 0. The van der Waals surface area contributed by atoms with Gasteiger partial charge in [0.25, 0.3) is 0 Å². The van der Waals surface area contributed by atoms with Crippen LogP contribution in [0, 0.1) is 0 Å². The third kappa shape index (κ3) is 3.36. The van der Waals surface area contributed by atoms with Crippen LogP contribution in [0.3, 0.4) is 0 Å². The Kier molecular flexibility index (Phi) is 5.75. The molecule has 0 aromatic carbocycles. The Morgan fingerprint density at radius 3 is 2.92 bits per heavy atom. The van der Waals surface area contributed by atoms with Crippen molar-refractivity contribution in [2.24, 2.45) is 0 Å². The molecular weight excluding hydrogens is 190 g/mol. The number of hydrogen-bond donors (Lipinski definition) is 1. The van der Waals surface area contributed by atoms with Gasteiger partial charge < -0.3 is 10.1 Å². The highest BCUT2D eigenvalue weighted by atomic mass is 35.5. The summed E-state index contributed by atoms with van der Waals surface area (Å²) in [6.45, 7) is 3.66. The van der Waals surface area contributed by atoms with E-state index < -0.39 is 0 Å². The molecule has 0 aromatic heterocycles. The van der Waals surface area contributed by atoms with E-state index in [1.807, 2.05) is 6.08 Å². The first-order valence-electron chi connectivity index (χ1n) is 4.22. The lowest BCUT2D eigenvalue weighted by Gasteiger charge is -2.10. The molecule has 13 heavy (non-hydrogen) atoms. The maximum absolute atomic E-state index is 11.1. The minimum atomic E-state index is -0.151. The highest BCUT2D eigenvalue weighted by molar-refractivity contribution is 5.85. The van der Waals surface area contributed by atoms with Gasteiger partial charge in [-0.2, -0.15) is 0 Å². The summed E-state index contributed by atoms with van der Waals surface area (Å²) in [5.41, 5.74) is 0. The number of carbonyl (C=O) groups excluding carboxylic acids is 1. The van der Waals surface area contributed by atoms with Crippen LogP contribution in [0.25, 0.3) is 0 Å². The molecule has 0 aliphatic carbocycles. The van der Waals surface area contributed by atoms with Gasteiger partial charge in [-0.15, -0.1) is 19.0 Å². The second-order valence-corrected chi connectivity index (χ2v) is 3.04. The molecule has 0 bridgehead atoms. The number of ether oxygens (including phenoxy) is 1. The first-order chi connectivity index (χ1) is 5.77. The van der Waals surface area contributed by atoms with Crippen LogP contribution in [0.5, 0.6) is 0 Å². The number of hydrogen-bond acceptors (Lipinski definition) is 3. The Morgan fingerprint density at radius 1 is 1.69 bits per heavy atom. The Balaban J connectivity index is 0.00000144. The van der Waals surface area contributed by atoms with E-state index >= 15 is 0 Å². The average Bonchev–Trinajstić information content (AvgIpc) is 2.52. The number of nitrogens with one attached hydrogen (secondary N) is 1. The van der Waals surface area contributed by atoms with Crippen molar-refractivity contribution in [3.8, 4) is 0 Å². The van der Waals surface area contributed by atoms with Gasteiger partial charge in [0.1, 0.15) is 6.04 Å². The topological polar surface area (TPSA) is 38.3 Å². The van der Waals surface area contributed by atoms with E-state index in [1.165, 1.54) is 7.11 Å². The van der Waals surface area contributed by atoms with Gasteiger partial charge in [-0.25, -0.2) is 0 Å². The molecule has 0 unspecified atom stereocenters. The fraction of sp³-hybridized carbons (Fsp3) is 0.667. The van der Waals surface area contributed by atoms with E-state index in [4.69, 9.17) is 0 Å². The largest absolute Gasteiger partial charge is 0.468 e. The van der Waals surface area contributed by atoms with Crippen LogP contribution < -0.4 is 5.32 Å². The standard InChI is InChI=1S/C9H15NO2.ClH/c1-3-4-7-5-6-8(10-7)9(11)12-2;/h3,7-8,10H,1,4-6H2,2H3;1H/t7-,8+;/m1./s1. The zero-order chi connectivity index (χ0) is 8.97. The summed E-state index contributed by atoms with van der Waals surface area (Å²) in [7, 11) is 1.42. The Hall–Kier alpha value is -0.540. The number of methoxy groups -OCH3 is 1. The first-order valence-corrected chi connectivity index (χ1v) is 4.22. The molecule has 0 aromatic rings. The smallest absolute Gasteiger partial charge is 0.322 e. The van der Waals surface area contributed by atoms with Gasteiger partial charge in [0.15, 0.2) is 0 Å². The molecule has 0 spiro atoms. The predicted octanol–water partition coefficient (Wildman–Crippen LogP) is 1.28. The van der Waals surface area contributed by atoms with E-state index in [-0.39, 0.29) is 24.4 Å². The zero-order valence-electron chi connectivity index (χ0n) is 7.79. The normalized spacial score (nSPS) is 26.2. The molecule has 1 heterocycles. The van der Waals surface area contributed by atoms with Crippen molar-refractivity contribution >= 4 is 18.4 Å². The molecule has 1 saturated heterocycles. The van der Waals surface area contributed by atoms with Gasteiger partial charge >= 0.3 is 5.97 Å². The van der Waals surface area contributed by atoms with Gasteiger partial charge in [0, 0.05) is 6.04 Å². The molecule has 2 atom stereocenters. The molecule has 3 nitrogen and oxygen atoms in total. The van der Waals surface area contributed by atoms with Gasteiger partial charge in [-0.1, -0.05) is 6.08 Å². The third-order valence-corrected chi connectivity index (χ3v) is 2.18. The van der Waals surface area contributed by atoms with E-state index in [0.29, 0.717) is 6.04 Å².